The topological polar surface area (TPSA) is 3.24 Å². The number of likely N-dealkylation sites (N-methyl/N-ethyl adjacent to an activating group) is 1. The zero-order chi connectivity index (χ0) is 6.41. The Morgan fingerprint density at radius 1 is 1.62 bits per heavy atom. The van der Waals surface area contributed by atoms with Crippen molar-refractivity contribution >= 4 is 0 Å². The average molecular weight is 111 g/mol. The lowest BCUT2D eigenvalue weighted by molar-refractivity contribution is 0.509. The number of hydrogen-bond donors (Lipinski definition) is 0. The number of nitrogens with zero attached hydrogens (tertiary/aromatic N) is 1. The van der Waals surface area contributed by atoms with Crippen LogP contribution in [0.3, 0.4) is 0 Å². The fourth-order valence-electron chi connectivity index (χ4n) is 0.519. The van der Waals surface area contributed by atoms with Crippen molar-refractivity contribution in [3.63, 3.8) is 0 Å². The van der Waals surface area contributed by atoms with E-state index in [4.69, 9.17) is 0 Å². The monoisotopic (exact) mass is 111 g/mol. The van der Waals surface area contributed by atoms with E-state index in [2.05, 4.69) is 11.5 Å². The fraction of sp³-hybridized carbons (Fsp3) is 0.429. The third-order valence-corrected chi connectivity index (χ3v) is 0.821. The van der Waals surface area contributed by atoms with Crippen molar-refractivity contribution in [2.45, 2.75) is 6.92 Å². The second kappa shape index (κ2) is 4.44. The van der Waals surface area contributed by atoms with E-state index in [1.54, 1.807) is 0 Å². The molecule has 0 heterocycles. The molecule has 0 bridgehead atoms. The standard InChI is InChI=1S/C7H13N/c1-4-6-8(3)7-5-2/h4-5,7H,1,6H2,2-3H3/b7-5+. The van der Waals surface area contributed by atoms with Gasteiger partial charge in [-0.2, -0.15) is 0 Å². The Kier molecular flexibility index (Phi) is 4.04. The highest BCUT2D eigenvalue weighted by Crippen LogP contribution is 1.81. The predicted molar refractivity (Wildman–Crippen MR) is 37.6 cm³/mol. The largest absolute Gasteiger partial charge is 0.377 e. The minimum Gasteiger partial charge on any atom is -0.377 e. The molecule has 0 saturated carbocycles. The van der Waals surface area contributed by atoms with Gasteiger partial charge in [-0.3, -0.25) is 0 Å². The molecule has 0 aromatic rings. The Morgan fingerprint density at radius 3 is 2.62 bits per heavy atom. The fourth-order valence-corrected chi connectivity index (χ4v) is 0.519. The van der Waals surface area contributed by atoms with E-state index in [0.717, 1.165) is 6.54 Å². The van der Waals surface area contributed by atoms with E-state index in [1.807, 2.05) is 32.3 Å². The molecule has 0 fully saturated rings. The Hall–Kier alpha value is -0.720. The third kappa shape index (κ3) is 3.47. The minimum atomic E-state index is 0.921. The second-order valence-corrected chi connectivity index (χ2v) is 1.71. The molecule has 46 valence electrons. The van der Waals surface area contributed by atoms with Crippen LogP contribution in [0.1, 0.15) is 6.92 Å². The molecule has 0 aliphatic rings. The molecule has 0 spiro atoms. The predicted octanol–water partition coefficient (Wildman–Crippen LogP) is 1.64. The van der Waals surface area contributed by atoms with Crippen molar-refractivity contribution in [2.75, 3.05) is 13.6 Å². The first-order valence-electron chi connectivity index (χ1n) is 2.75. The van der Waals surface area contributed by atoms with Crippen LogP contribution < -0.4 is 0 Å². The molecule has 0 radical (unpaired) electrons. The van der Waals surface area contributed by atoms with Gasteiger partial charge in [-0.25, -0.2) is 0 Å². The molecule has 0 saturated heterocycles. The summed E-state index contributed by atoms with van der Waals surface area (Å²) in [6, 6.07) is 0. The van der Waals surface area contributed by atoms with Crippen molar-refractivity contribution in [2.24, 2.45) is 0 Å². The molecule has 0 amide bonds. The van der Waals surface area contributed by atoms with E-state index in [1.165, 1.54) is 0 Å². The third-order valence-electron chi connectivity index (χ3n) is 0.821. The van der Waals surface area contributed by atoms with Gasteiger partial charge in [0.1, 0.15) is 0 Å². The first-order chi connectivity index (χ1) is 3.81. The Morgan fingerprint density at radius 2 is 2.25 bits per heavy atom. The van der Waals surface area contributed by atoms with Crippen LogP contribution in [0.2, 0.25) is 0 Å². The maximum absolute atomic E-state index is 3.61. The van der Waals surface area contributed by atoms with Crippen molar-refractivity contribution in [1.82, 2.24) is 4.90 Å². The lowest BCUT2D eigenvalue weighted by Crippen LogP contribution is -2.08. The Balaban J connectivity index is 3.31. The summed E-state index contributed by atoms with van der Waals surface area (Å²) in [6.07, 6.45) is 5.89. The van der Waals surface area contributed by atoms with Gasteiger partial charge in [0.15, 0.2) is 0 Å². The second-order valence-electron chi connectivity index (χ2n) is 1.71. The van der Waals surface area contributed by atoms with Crippen LogP contribution in [0.25, 0.3) is 0 Å². The minimum absolute atomic E-state index is 0.921. The normalized spacial score (nSPS) is 9.75. The SMILES string of the molecule is C=CCN(C)/C=C/C. The van der Waals surface area contributed by atoms with Crippen LogP contribution in [0.5, 0.6) is 0 Å². The number of hydrogen-bond acceptors (Lipinski definition) is 1. The summed E-state index contributed by atoms with van der Waals surface area (Å²) < 4.78 is 0. The van der Waals surface area contributed by atoms with Crippen molar-refractivity contribution in [1.29, 1.82) is 0 Å². The molecule has 0 aliphatic heterocycles. The summed E-state index contributed by atoms with van der Waals surface area (Å²) in [5.41, 5.74) is 0. The molecule has 1 heteroatoms. The summed E-state index contributed by atoms with van der Waals surface area (Å²) in [7, 11) is 2.02. The average Bonchev–Trinajstić information content (AvgIpc) is 1.68. The van der Waals surface area contributed by atoms with Gasteiger partial charge in [-0.1, -0.05) is 12.2 Å². The summed E-state index contributed by atoms with van der Waals surface area (Å²) in [6.45, 7) is 6.53. The van der Waals surface area contributed by atoms with Gasteiger partial charge in [0, 0.05) is 13.6 Å². The van der Waals surface area contributed by atoms with Crippen LogP contribution in [-0.4, -0.2) is 18.5 Å². The van der Waals surface area contributed by atoms with Gasteiger partial charge in [-0.05, 0) is 13.1 Å². The van der Waals surface area contributed by atoms with Crippen LogP contribution in [-0.2, 0) is 0 Å². The van der Waals surface area contributed by atoms with Crippen LogP contribution >= 0.6 is 0 Å². The maximum atomic E-state index is 3.61. The van der Waals surface area contributed by atoms with Crippen molar-refractivity contribution < 1.29 is 0 Å². The highest BCUT2D eigenvalue weighted by molar-refractivity contribution is 4.81. The first kappa shape index (κ1) is 7.28. The van der Waals surface area contributed by atoms with E-state index >= 15 is 0 Å². The summed E-state index contributed by atoms with van der Waals surface area (Å²) in [5, 5.41) is 0. The molecule has 0 atom stereocenters. The summed E-state index contributed by atoms with van der Waals surface area (Å²) >= 11 is 0. The lowest BCUT2D eigenvalue weighted by Gasteiger charge is -2.08. The molecule has 0 aliphatic carbocycles. The van der Waals surface area contributed by atoms with E-state index < -0.39 is 0 Å². The zero-order valence-electron chi connectivity index (χ0n) is 5.59. The van der Waals surface area contributed by atoms with Gasteiger partial charge in [0.2, 0.25) is 0 Å². The van der Waals surface area contributed by atoms with Gasteiger partial charge in [0.05, 0.1) is 0 Å². The van der Waals surface area contributed by atoms with E-state index in [9.17, 15) is 0 Å². The van der Waals surface area contributed by atoms with E-state index in [-0.39, 0.29) is 0 Å². The molecule has 0 rings (SSSR count). The van der Waals surface area contributed by atoms with Crippen molar-refractivity contribution in [3.8, 4) is 0 Å². The Labute approximate surface area is 51.3 Å². The van der Waals surface area contributed by atoms with Crippen LogP contribution in [0.15, 0.2) is 24.9 Å². The van der Waals surface area contributed by atoms with Gasteiger partial charge < -0.3 is 4.90 Å². The summed E-state index contributed by atoms with van der Waals surface area (Å²) in [5.74, 6) is 0. The molecule has 0 N–H and O–H groups in total. The molecule has 1 nitrogen and oxygen atoms in total. The van der Waals surface area contributed by atoms with Gasteiger partial charge in [-0.15, -0.1) is 6.58 Å². The molecule has 0 aromatic heterocycles. The van der Waals surface area contributed by atoms with Crippen LogP contribution in [0, 0.1) is 0 Å². The molecular formula is C7H13N. The highest BCUT2D eigenvalue weighted by Gasteiger charge is 1.79. The molecule has 0 unspecified atom stereocenters. The number of rotatable bonds is 3. The Bertz CT molecular complexity index is 84.4. The quantitative estimate of drug-likeness (QED) is 0.500. The maximum Gasteiger partial charge on any atom is 0.0348 e. The highest BCUT2D eigenvalue weighted by atomic mass is 15.1. The van der Waals surface area contributed by atoms with E-state index in [0.29, 0.717) is 0 Å². The number of allylic oxidation sites excluding steroid dienone is 1. The summed E-state index contributed by atoms with van der Waals surface area (Å²) in [4.78, 5) is 2.06. The molecular weight excluding hydrogens is 98.1 g/mol. The van der Waals surface area contributed by atoms with Gasteiger partial charge in [0.25, 0.3) is 0 Å². The smallest absolute Gasteiger partial charge is 0.0348 e. The van der Waals surface area contributed by atoms with Gasteiger partial charge >= 0.3 is 0 Å². The molecule has 8 heavy (non-hydrogen) atoms. The van der Waals surface area contributed by atoms with Crippen LogP contribution in [0.4, 0.5) is 0 Å². The molecule has 0 aromatic carbocycles. The first-order valence-corrected chi connectivity index (χ1v) is 2.75. The van der Waals surface area contributed by atoms with Crippen molar-refractivity contribution in [3.05, 3.63) is 24.9 Å². The lowest BCUT2D eigenvalue weighted by atomic mass is 10.5. The zero-order valence-corrected chi connectivity index (χ0v) is 5.59.